The van der Waals surface area contributed by atoms with Gasteiger partial charge < -0.3 is 15.8 Å². The van der Waals surface area contributed by atoms with E-state index in [1.54, 1.807) is 0 Å². The van der Waals surface area contributed by atoms with Crippen molar-refractivity contribution < 1.29 is 27.5 Å². The lowest BCUT2D eigenvalue weighted by molar-refractivity contribution is -0.137. The second kappa shape index (κ2) is 7.56. The van der Waals surface area contributed by atoms with Crippen LogP contribution in [0.25, 0.3) is 0 Å². The summed E-state index contributed by atoms with van der Waals surface area (Å²) in [5, 5.41) is 1.91. The number of amides is 1. The average Bonchev–Trinajstić information content (AvgIpc) is 2.55. The summed E-state index contributed by atoms with van der Waals surface area (Å²) in [5.74, 6) is -2.22. The van der Waals surface area contributed by atoms with E-state index in [1.165, 1.54) is 25.4 Å². The molecule has 26 heavy (non-hydrogen) atoms. The normalized spacial score (nSPS) is 12.3. The Labute approximate surface area is 150 Å². The van der Waals surface area contributed by atoms with Crippen molar-refractivity contribution in [3.05, 3.63) is 46.9 Å². The third-order valence-electron chi connectivity index (χ3n) is 3.12. The van der Waals surface area contributed by atoms with Crippen LogP contribution in [-0.4, -0.2) is 27.9 Å². The molecule has 3 N–H and O–H groups in total. The van der Waals surface area contributed by atoms with E-state index in [-0.39, 0.29) is 16.5 Å². The number of rotatable bonds is 4. The molecule has 2 rings (SSSR count). The lowest BCUT2D eigenvalue weighted by Crippen LogP contribution is -2.31. The largest absolute Gasteiger partial charge is 0.448 e. The van der Waals surface area contributed by atoms with E-state index in [9.17, 15) is 22.8 Å². The molecule has 0 saturated heterocycles. The van der Waals surface area contributed by atoms with E-state index in [0.29, 0.717) is 6.07 Å². The van der Waals surface area contributed by atoms with Crippen LogP contribution in [0.3, 0.4) is 0 Å². The Morgan fingerprint density at radius 1 is 1.27 bits per heavy atom. The van der Waals surface area contributed by atoms with Crippen LogP contribution in [0.1, 0.15) is 23.0 Å². The van der Waals surface area contributed by atoms with Crippen molar-refractivity contribution in [2.75, 3.05) is 11.1 Å². The first-order valence-corrected chi connectivity index (χ1v) is 7.42. The van der Waals surface area contributed by atoms with Crippen LogP contribution in [0.4, 0.5) is 24.7 Å². The predicted octanol–water partition coefficient (Wildman–Crippen LogP) is 2.92. The van der Waals surface area contributed by atoms with Gasteiger partial charge in [0.2, 0.25) is 0 Å². The first-order chi connectivity index (χ1) is 12.1. The van der Waals surface area contributed by atoms with Crippen molar-refractivity contribution in [2.24, 2.45) is 0 Å². The molecule has 1 atom stereocenters. The molecule has 1 aromatic carbocycles. The molecule has 0 radical (unpaired) electrons. The van der Waals surface area contributed by atoms with Crippen molar-refractivity contribution >= 4 is 35.0 Å². The van der Waals surface area contributed by atoms with Crippen molar-refractivity contribution in [3.63, 3.8) is 0 Å². The summed E-state index contributed by atoms with van der Waals surface area (Å²) in [5.41, 5.74) is 3.51. The fourth-order valence-corrected chi connectivity index (χ4v) is 2.04. The highest BCUT2D eigenvalue weighted by Gasteiger charge is 2.34. The lowest BCUT2D eigenvalue weighted by Gasteiger charge is -2.17. The summed E-state index contributed by atoms with van der Waals surface area (Å²) in [7, 11) is 0. The van der Waals surface area contributed by atoms with Gasteiger partial charge in [-0.2, -0.15) is 13.2 Å². The molecule has 0 aliphatic carbocycles. The molecule has 7 nitrogen and oxygen atoms in total. The Balaban J connectivity index is 2.13. The van der Waals surface area contributed by atoms with E-state index >= 15 is 0 Å². The van der Waals surface area contributed by atoms with Crippen LogP contribution >= 0.6 is 11.6 Å². The Morgan fingerprint density at radius 3 is 2.54 bits per heavy atom. The molecule has 0 bridgehead atoms. The van der Waals surface area contributed by atoms with Gasteiger partial charge in [0, 0.05) is 17.4 Å². The van der Waals surface area contributed by atoms with Crippen LogP contribution < -0.4 is 11.1 Å². The number of hydrogen-bond donors (Lipinski definition) is 2. The SMILES string of the molecule is C[C@@H](OC(=O)c1nccnc1N)C(=O)Nc1ccc(Cl)cc1C(F)(F)F. The highest BCUT2D eigenvalue weighted by molar-refractivity contribution is 6.30. The number of carbonyl (C=O) groups is 2. The van der Waals surface area contributed by atoms with Crippen molar-refractivity contribution in [1.29, 1.82) is 0 Å². The van der Waals surface area contributed by atoms with Gasteiger partial charge in [-0.1, -0.05) is 11.6 Å². The summed E-state index contributed by atoms with van der Waals surface area (Å²) < 4.78 is 44.0. The van der Waals surface area contributed by atoms with Crippen LogP contribution in [0.5, 0.6) is 0 Å². The predicted molar refractivity (Wildman–Crippen MR) is 86.4 cm³/mol. The Hall–Kier alpha value is -2.88. The zero-order valence-corrected chi connectivity index (χ0v) is 13.9. The number of alkyl halides is 3. The Bertz CT molecular complexity index is 845. The number of anilines is 2. The fourth-order valence-electron chi connectivity index (χ4n) is 1.87. The van der Waals surface area contributed by atoms with Gasteiger partial charge in [0.25, 0.3) is 5.91 Å². The summed E-state index contributed by atoms with van der Waals surface area (Å²) in [6, 6.07) is 2.86. The summed E-state index contributed by atoms with van der Waals surface area (Å²) in [6.45, 7) is 1.18. The lowest BCUT2D eigenvalue weighted by atomic mass is 10.1. The van der Waals surface area contributed by atoms with Gasteiger partial charge >= 0.3 is 12.1 Å². The summed E-state index contributed by atoms with van der Waals surface area (Å²) >= 11 is 5.57. The first kappa shape index (κ1) is 19.4. The van der Waals surface area contributed by atoms with Crippen LogP contribution in [0, 0.1) is 0 Å². The number of carbonyl (C=O) groups excluding carboxylic acids is 2. The Morgan fingerprint density at radius 2 is 1.92 bits per heavy atom. The van der Waals surface area contributed by atoms with Crippen LogP contribution in [-0.2, 0) is 15.7 Å². The molecular formula is C15H12ClF3N4O3. The number of nitrogens with zero attached hydrogens (tertiary/aromatic N) is 2. The van der Waals surface area contributed by atoms with Gasteiger partial charge in [-0.3, -0.25) is 4.79 Å². The highest BCUT2D eigenvalue weighted by atomic mass is 35.5. The van der Waals surface area contributed by atoms with E-state index in [4.69, 9.17) is 22.1 Å². The minimum absolute atomic E-state index is 0.145. The number of nitrogens with one attached hydrogen (secondary N) is 1. The highest BCUT2D eigenvalue weighted by Crippen LogP contribution is 2.36. The zero-order chi connectivity index (χ0) is 19.5. The van der Waals surface area contributed by atoms with Crippen molar-refractivity contribution in [1.82, 2.24) is 9.97 Å². The number of nitrogen functional groups attached to an aromatic ring is 1. The third-order valence-corrected chi connectivity index (χ3v) is 3.35. The molecule has 11 heteroatoms. The number of aromatic nitrogens is 2. The molecule has 1 heterocycles. The summed E-state index contributed by atoms with van der Waals surface area (Å²) in [6.07, 6.45) is -3.70. The van der Waals surface area contributed by atoms with E-state index < -0.39 is 35.4 Å². The number of benzene rings is 1. The molecule has 0 aliphatic heterocycles. The molecule has 0 aliphatic rings. The smallest absolute Gasteiger partial charge is 0.418 e. The van der Waals surface area contributed by atoms with Crippen LogP contribution in [0.15, 0.2) is 30.6 Å². The van der Waals surface area contributed by atoms with Crippen LogP contribution in [0.2, 0.25) is 5.02 Å². The van der Waals surface area contributed by atoms with E-state index in [2.05, 4.69) is 15.3 Å². The number of hydrogen-bond acceptors (Lipinski definition) is 6. The topological polar surface area (TPSA) is 107 Å². The monoisotopic (exact) mass is 388 g/mol. The fraction of sp³-hybridized carbons (Fsp3) is 0.200. The zero-order valence-electron chi connectivity index (χ0n) is 13.2. The van der Waals surface area contributed by atoms with Gasteiger partial charge in [0.1, 0.15) is 0 Å². The third kappa shape index (κ3) is 4.60. The maximum atomic E-state index is 13.0. The van der Waals surface area contributed by atoms with Gasteiger partial charge in [-0.15, -0.1) is 0 Å². The van der Waals surface area contributed by atoms with E-state index in [0.717, 1.165) is 6.07 Å². The molecule has 138 valence electrons. The second-order valence-electron chi connectivity index (χ2n) is 5.01. The maximum Gasteiger partial charge on any atom is 0.418 e. The molecule has 1 aromatic heterocycles. The summed E-state index contributed by atoms with van der Waals surface area (Å²) in [4.78, 5) is 31.3. The number of halogens is 4. The standard InChI is InChI=1S/C15H12ClF3N4O3/c1-7(26-14(25)11-12(20)22-5-4-21-11)13(24)23-10-3-2-8(16)6-9(10)15(17,18)19/h2-7H,1H3,(H2,20,22)(H,23,24)/t7-/m1/s1. The molecule has 0 unspecified atom stereocenters. The van der Waals surface area contributed by atoms with Gasteiger partial charge in [-0.05, 0) is 25.1 Å². The molecule has 0 spiro atoms. The molecule has 1 amide bonds. The molecule has 0 saturated carbocycles. The Kier molecular flexibility index (Phi) is 5.66. The molecule has 2 aromatic rings. The average molecular weight is 389 g/mol. The van der Waals surface area contributed by atoms with Gasteiger partial charge in [0.05, 0.1) is 11.3 Å². The minimum Gasteiger partial charge on any atom is -0.448 e. The number of ether oxygens (including phenoxy) is 1. The quantitative estimate of drug-likeness (QED) is 0.780. The van der Waals surface area contributed by atoms with Crippen molar-refractivity contribution in [2.45, 2.75) is 19.2 Å². The second-order valence-corrected chi connectivity index (χ2v) is 5.45. The number of esters is 1. The van der Waals surface area contributed by atoms with Gasteiger partial charge in [-0.25, -0.2) is 14.8 Å². The van der Waals surface area contributed by atoms with Gasteiger partial charge in [0.15, 0.2) is 17.6 Å². The minimum atomic E-state index is -4.73. The maximum absolute atomic E-state index is 13.0. The molecular weight excluding hydrogens is 377 g/mol. The van der Waals surface area contributed by atoms with E-state index in [1.807, 2.05) is 0 Å². The number of nitrogens with two attached hydrogens (primary N) is 1. The van der Waals surface area contributed by atoms with Crippen molar-refractivity contribution in [3.8, 4) is 0 Å². The molecule has 0 fully saturated rings. The first-order valence-electron chi connectivity index (χ1n) is 7.04.